The topological polar surface area (TPSA) is 645 Å². The van der Waals surface area contributed by atoms with Crippen LogP contribution in [0, 0.1) is 16.7 Å². The molecule has 0 bridgehead atoms. The summed E-state index contributed by atoms with van der Waals surface area (Å²) in [6.45, 7) is 14.3. The number of fused-ring (bicyclic) bond motifs is 1. The first-order chi connectivity index (χ1) is 61.2. The maximum Gasteiger partial charge on any atom is 0.243 e. The SMILES string of the molecule is CC(=O)N[C@@H](Cc1c[nH]c2ccccc12)C(=O)N[C@@H](Cc1ccc(O)cc1)C(=O)N[C@@H](CCCNC(=N)N)C(=O)NCC(=O)N[C@@H](CCCNC(=N)N)C(=O)N[C@@H](CC(C)C)C(=O)NCCOCCOCCNC(=O)CN1CCN(CC(=O)NCCOCCOCCN)CCN(CC(=O)NCCOCCOCCN)CCN(CC(=O)NCCOCCOCCN)CC1. The molecule has 45 nitrogen and oxygen atoms in total. The molecule has 1 aliphatic heterocycles. The molecule has 1 fully saturated rings. The van der Waals surface area contributed by atoms with Crippen molar-refractivity contribution >= 4 is 87.8 Å². The van der Waals surface area contributed by atoms with Crippen molar-refractivity contribution in [3.63, 3.8) is 0 Å². The van der Waals surface area contributed by atoms with Crippen LogP contribution in [0.1, 0.15) is 64.0 Å². The number of H-pyrrole nitrogens is 1. The minimum atomic E-state index is -1.38. The summed E-state index contributed by atoms with van der Waals surface area (Å²) in [5, 5.41) is 62.0. The highest BCUT2D eigenvalue weighted by Crippen LogP contribution is 2.20. The van der Waals surface area contributed by atoms with Gasteiger partial charge in [0.15, 0.2) is 11.9 Å². The van der Waals surface area contributed by atoms with Crippen LogP contribution in [-0.4, -0.2) is 393 Å². The Labute approximate surface area is 743 Å². The number of aromatic nitrogens is 1. The molecule has 127 heavy (non-hydrogen) atoms. The lowest BCUT2D eigenvalue weighted by molar-refractivity contribution is -0.134. The van der Waals surface area contributed by atoms with Gasteiger partial charge < -0.3 is 146 Å². The fourth-order valence-corrected chi connectivity index (χ4v) is 12.9. The standard InChI is InChI=1S/C82H143N25O20/c1-59(2)50-68(102-78(117)67(11-7-20-96-82(88)89)100-71(110)54-98-76(115)66(10-6-19-95-81(86)87)101-79(118)69(51-61-12-14-63(109)15-13-61)103-80(119)70(99-60(3)108)52-62-53-97-65-9-5-4-8-64(62)65)77(116)94-25-41-127-49-48-126-40-24-93-75(114)58-107-32-30-105(56-73(112)91-22-38-124-46-43-121-35-17-84)28-26-104(55-72(111)90-21-37-123-45-42-120-34-16-83)27-29-106(31-33-107)57-74(113)92-23-39-125-47-44-122-36-18-85/h4-5,8-9,12-15,53,59,66-70,97,109H,6-7,10-11,16-52,54-58,83-85H2,1-3H3,(H,90,111)(H,91,112)(H,92,113)(H,93,114)(H,94,116)(H,98,115)(H,99,108)(H,100,110)(H,101,118)(H,102,117)(H,103,119)(H4,86,87,95)(H4,88,89,96)/t66-,67-,68-,69-,70-/m0/s1. The lowest BCUT2D eigenvalue weighted by Crippen LogP contribution is -2.58. The molecule has 3 aromatic rings. The van der Waals surface area contributed by atoms with Crippen molar-refractivity contribution in [2.75, 3.05) is 256 Å². The number of aromatic amines is 1. The predicted octanol–water partition coefficient (Wildman–Crippen LogP) is -7.40. The highest BCUT2D eigenvalue weighted by molar-refractivity contribution is 5.97. The Balaban J connectivity index is 1.35. The van der Waals surface area contributed by atoms with E-state index in [1.807, 2.05) is 57.7 Å². The highest BCUT2D eigenvalue weighted by Gasteiger charge is 2.33. The zero-order chi connectivity index (χ0) is 92.6. The molecule has 0 aliphatic carbocycles. The van der Waals surface area contributed by atoms with Crippen molar-refractivity contribution in [1.82, 2.24) is 93.7 Å². The van der Waals surface area contributed by atoms with E-state index in [1.165, 1.54) is 19.1 Å². The summed E-state index contributed by atoms with van der Waals surface area (Å²) in [6, 6.07) is 7.00. The number of nitrogens with two attached hydrogens (primary N) is 5. The van der Waals surface area contributed by atoms with Crippen LogP contribution in [-0.2, 0) is 103 Å². The smallest absolute Gasteiger partial charge is 0.243 e. The van der Waals surface area contributed by atoms with Gasteiger partial charge in [-0.15, -0.1) is 0 Å². The number of phenolic OH excluding ortho intramolecular Hbond substituents is 1. The van der Waals surface area contributed by atoms with E-state index in [0.717, 1.165) is 10.9 Å². The number of nitrogens with one attached hydrogen (secondary N) is 16. The van der Waals surface area contributed by atoms with Gasteiger partial charge in [0.2, 0.25) is 65.0 Å². The van der Waals surface area contributed by atoms with Crippen molar-refractivity contribution in [3.05, 3.63) is 65.9 Å². The third-order valence-corrected chi connectivity index (χ3v) is 19.3. The van der Waals surface area contributed by atoms with E-state index in [1.54, 1.807) is 18.3 Å². The summed E-state index contributed by atoms with van der Waals surface area (Å²) in [7, 11) is 0. The zero-order valence-electron chi connectivity index (χ0n) is 74.1. The molecule has 27 N–H and O–H groups in total. The summed E-state index contributed by atoms with van der Waals surface area (Å²) >= 11 is 0. The zero-order valence-corrected chi connectivity index (χ0v) is 74.1. The number of hydrogen-bond acceptors (Lipinski definition) is 29. The molecule has 11 amide bonds. The van der Waals surface area contributed by atoms with E-state index in [0.29, 0.717) is 143 Å². The number of amides is 11. The van der Waals surface area contributed by atoms with Gasteiger partial charge in [-0.05, 0) is 67.3 Å². The fraction of sp³-hybridized carbons (Fsp3) is 0.671. The van der Waals surface area contributed by atoms with E-state index in [9.17, 15) is 57.8 Å². The number of para-hydroxylation sites is 1. The van der Waals surface area contributed by atoms with Crippen LogP contribution in [0.25, 0.3) is 10.9 Å². The minimum Gasteiger partial charge on any atom is -0.508 e. The Bertz CT molecular complexity index is 3660. The molecule has 1 saturated heterocycles. The highest BCUT2D eigenvalue weighted by atomic mass is 16.5. The van der Waals surface area contributed by atoms with Gasteiger partial charge in [0.1, 0.15) is 36.0 Å². The predicted molar refractivity (Wildman–Crippen MR) is 474 cm³/mol. The first-order valence-electron chi connectivity index (χ1n) is 43.5. The number of carbonyl (C=O) groups is 11. The molecule has 45 heteroatoms. The van der Waals surface area contributed by atoms with E-state index in [2.05, 4.69) is 74.1 Å². The molecular formula is C82H143N25O20. The molecule has 2 aromatic carbocycles. The lowest BCUT2D eigenvalue weighted by atomic mass is 10.0. The number of ether oxygens (including phenoxy) is 8. The quantitative estimate of drug-likeness (QED) is 0.0142. The third kappa shape index (κ3) is 52.1. The van der Waals surface area contributed by atoms with Crippen molar-refractivity contribution in [3.8, 4) is 5.75 Å². The van der Waals surface area contributed by atoms with E-state index in [-0.39, 0.29) is 210 Å². The van der Waals surface area contributed by atoms with Crippen LogP contribution in [0.2, 0.25) is 0 Å². The number of rotatable bonds is 67. The number of hydrogen-bond donors (Lipinski definition) is 22. The maximum atomic E-state index is 14.5. The summed E-state index contributed by atoms with van der Waals surface area (Å²) in [4.78, 5) is 163. The number of carbonyl (C=O) groups excluding carboxylic acids is 11. The second-order valence-electron chi connectivity index (χ2n) is 30.4. The van der Waals surface area contributed by atoms with Crippen molar-refractivity contribution in [2.24, 2.45) is 34.6 Å². The molecule has 4 rings (SSSR count). The van der Waals surface area contributed by atoms with Crippen molar-refractivity contribution < 1.29 is 95.7 Å². The van der Waals surface area contributed by atoms with Gasteiger partial charge in [-0.2, -0.15) is 0 Å². The van der Waals surface area contributed by atoms with Gasteiger partial charge in [-0.25, -0.2) is 0 Å². The van der Waals surface area contributed by atoms with Crippen LogP contribution in [0.3, 0.4) is 0 Å². The van der Waals surface area contributed by atoms with Crippen LogP contribution in [0.5, 0.6) is 5.75 Å². The number of guanidine groups is 2. The Morgan fingerprint density at radius 1 is 0.402 bits per heavy atom. The summed E-state index contributed by atoms with van der Waals surface area (Å²) in [5.74, 6) is -6.87. The van der Waals surface area contributed by atoms with Crippen molar-refractivity contribution in [2.45, 2.75) is 95.9 Å². The molecule has 0 saturated carbocycles. The van der Waals surface area contributed by atoms with Gasteiger partial charge in [-0.1, -0.05) is 44.2 Å². The lowest BCUT2D eigenvalue weighted by Gasteiger charge is -2.33. The molecule has 0 radical (unpaired) electrons. The Kier molecular flexibility index (Phi) is 57.8. The second-order valence-corrected chi connectivity index (χ2v) is 30.4. The maximum absolute atomic E-state index is 14.5. The van der Waals surface area contributed by atoms with Gasteiger partial charge in [0.05, 0.1) is 138 Å². The molecule has 5 atom stereocenters. The fourth-order valence-electron chi connectivity index (χ4n) is 12.9. The van der Waals surface area contributed by atoms with Gasteiger partial charge in [0.25, 0.3) is 0 Å². The largest absolute Gasteiger partial charge is 0.508 e. The first-order valence-corrected chi connectivity index (χ1v) is 43.5. The molecular weight excluding hydrogens is 1660 g/mol. The van der Waals surface area contributed by atoms with Crippen LogP contribution < -0.4 is 97.8 Å². The van der Waals surface area contributed by atoms with Crippen LogP contribution in [0.4, 0.5) is 0 Å². The summed E-state index contributed by atoms with van der Waals surface area (Å²) in [5.41, 5.74) is 29.6. The van der Waals surface area contributed by atoms with Gasteiger partial charge in [-0.3, -0.25) is 83.2 Å². The van der Waals surface area contributed by atoms with E-state index < -0.39 is 78.1 Å². The molecule has 1 aromatic heterocycles. The molecule has 1 aliphatic rings. The van der Waals surface area contributed by atoms with E-state index >= 15 is 0 Å². The molecule has 716 valence electrons. The monoisotopic (exact) mass is 1800 g/mol. The Morgan fingerprint density at radius 3 is 1.15 bits per heavy atom. The van der Waals surface area contributed by atoms with Gasteiger partial charge in [0, 0.05) is 155 Å². The Hall–Kier alpha value is -10.1. The summed E-state index contributed by atoms with van der Waals surface area (Å²) in [6.07, 6.45) is 2.06. The van der Waals surface area contributed by atoms with Crippen LogP contribution in [0.15, 0.2) is 54.7 Å². The first kappa shape index (κ1) is 109. The van der Waals surface area contributed by atoms with E-state index in [4.69, 9.17) is 77.4 Å². The normalized spacial score (nSPS) is 14.3. The van der Waals surface area contributed by atoms with Crippen LogP contribution >= 0.6 is 0 Å². The molecule has 0 spiro atoms. The average molecular weight is 1800 g/mol. The minimum absolute atomic E-state index is 0.0194. The summed E-state index contributed by atoms with van der Waals surface area (Å²) < 4.78 is 44.4. The number of aromatic hydroxyl groups is 1. The number of nitrogens with zero attached hydrogens (tertiary/aromatic N) is 4. The second kappa shape index (κ2) is 67.2. The third-order valence-electron chi connectivity index (χ3n) is 19.3. The molecule has 2 heterocycles. The van der Waals surface area contributed by atoms with Gasteiger partial charge >= 0.3 is 0 Å². The number of benzene rings is 2. The average Bonchev–Trinajstić information content (AvgIpc) is 1.70. The Morgan fingerprint density at radius 2 is 0.756 bits per heavy atom. The van der Waals surface area contributed by atoms with Crippen molar-refractivity contribution in [1.29, 1.82) is 10.8 Å². The molecule has 0 unspecified atom stereocenters. The number of phenols is 1.